The molecule has 4 rings (SSSR count). The largest absolute Gasteiger partial charge is 0.331 e. The molecule has 10 nitrogen and oxygen atoms in total. The monoisotopic (exact) mass is 597 g/mol. The van der Waals surface area contributed by atoms with Crippen molar-refractivity contribution in [2.45, 2.75) is 37.8 Å². The van der Waals surface area contributed by atoms with Crippen molar-refractivity contribution in [1.29, 1.82) is 0 Å². The maximum atomic E-state index is 13.3. The van der Waals surface area contributed by atoms with Gasteiger partial charge in [0.05, 0.1) is 10.5 Å². The van der Waals surface area contributed by atoms with Crippen molar-refractivity contribution in [2.75, 3.05) is 39.5 Å². The lowest BCUT2D eigenvalue weighted by molar-refractivity contribution is 0.0956. The Morgan fingerprint density at radius 3 is 2.29 bits per heavy atom. The molecule has 1 aliphatic heterocycles. The Morgan fingerprint density at radius 2 is 1.66 bits per heavy atom. The third-order valence-corrected chi connectivity index (χ3v) is 9.78. The van der Waals surface area contributed by atoms with E-state index >= 15 is 0 Å². The Kier molecular flexibility index (Phi) is 9.59. The molecule has 2 aromatic carbocycles. The summed E-state index contributed by atoms with van der Waals surface area (Å²) in [5.41, 5.74) is 2.23. The molecule has 0 radical (unpaired) electrons. The summed E-state index contributed by atoms with van der Waals surface area (Å²) in [5, 5.41) is 5.60. The van der Waals surface area contributed by atoms with Gasteiger partial charge in [-0.2, -0.15) is 4.31 Å². The minimum absolute atomic E-state index is 0.0670. The molecule has 0 bridgehead atoms. The van der Waals surface area contributed by atoms with Gasteiger partial charge in [0.1, 0.15) is 5.00 Å². The van der Waals surface area contributed by atoms with Crippen molar-refractivity contribution in [3.63, 3.8) is 0 Å². The summed E-state index contributed by atoms with van der Waals surface area (Å²) in [4.78, 5) is 43.3. The van der Waals surface area contributed by atoms with Gasteiger partial charge in [-0.15, -0.1) is 11.3 Å². The zero-order chi connectivity index (χ0) is 29.7. The predicted octanol–water partition coefficient (Wildman–Crippen LogP) is 4.00. The highest BCUT2D eigenvalue weighted by atomic mass is 32.2. The van der Waals surface area contributed by atoms with Crippen LogP contribution in [0.15, 0.2) is 59.5 Å². The van der Waals surface area contributed by atoms with Crippen LogP contribution < -0.4 is 10.6 Å². The van der Waals surface area contributed by atoms with Gasteiger partial charge in [0.15, 0.2) is 0 Å². The normalized spacial score (nSPS) is 13.5. The van der Waals surface area contributed by atoms with Crippen LogP contribution in [0.1, 0.15) is 50.1 Å². The number of nitrogens with one attached hydrogen (secondary N) is 2. The fourth-order valence-electron chi connectivity index (χ4n) is 4.62. The highest BCUT2D eigenvalue weighted by molar-refractivity contribution is 7.89. The molecule has 1 aliphatic rings. The lowest BCUT2D eigenvalue weighted by Gasteiger charge is -2.26. The van der Waals surface area contributed by atoms with Gasteiger partial charge in [-0.3, -0.25) is 19.8 Å². The minimum Gasteiger partial charge on any atom is -0.331 e. The molecule has 12 heteroatoms. The summed E-state index contributed by atoms with van der Waals surface area (Å²) in [6.07, 6.45) is 1.63. The Hall–Kier alpha value is -3.58. The number of thiophene rings is 1. The molecule has 0 saturated heterocycles. The number of imide groups is 1. The first-order chi connectivity index (χ1) is 19.5. The molecule has 1 aromatic heterocycles. The van der Waals surface area contributed by atoms with Crippen LogP contribution in [0.4, 0.5) is 9.80 Å². The number of hydrogen-bond donors (Lipinski definition) is 2. The van der Waals surface area contributed by atoms with Gasteiger partial charge in [0.25, 0.3) is 11.8 Å². The number of anilines is 1. The lowest BCUT2D eigenvalue weighted by Crippen LogP contribution is -2.39. The third kappa shape index (κ3) is 7.02. The second-order valence-corrected chi connectivity index (χ2v) is 13.3. The van der Waals surface area contributed by atoms with Crippen LogP contribution in [0.5, 0.6) is 0 Å². The second kappa shape index (κ2) is 12.9. The number of amides is 4. The first kappa shape index (κ1) is 30.4. The predicted molar refractivity (Wildman–Crippen MR) is 160 cm³/mol. The zero-order valence-electron chi connectivity index (χ0n) is 23.6. The van der Waals surface area contributed by atoms with Crippen LogP contribution in [-0.2, 0) is 29.5 Å². The van der Waals surface area contributed by atoms with E-state index in [0.29, 0.717) is 23.5 Å². The molecule has 3 aromatic rings. The van der Waals surface area contributed by atoms with E-state index in [1.165, 1.54) is 51.9 Å². The fraction of sp³-hybridized carbons (Fsp3) is 0.345. The number of rotatable bonds is 9. The van der Waals surface area contributed by atoms with Gasteiger partial charge in [-0.05, 0) is 54.8 Å². The second-order valence-electron chi connectivity index (χ2n) is 10.1. The van der Waals surface area contributed by atoms with Crippen molar-refractivity contribution in [3.8, 4) is 0 Å². The van der Waals surface area contributed by atoms with Crippen LogP contribution in [-0.4, -0.2) is 74.6 Å². The molecule has 0 saturated carbocycles. The summed E-state index contributed by atoms with van der Waals surface area (Å²) in [5.74, 6) is -1.05. The molecule has 218 valence electrons. The van der Waals surface area contributed by atoms with E-state index in [4.69, 9.17) is 0 Å². The molecule has 0 aliphatic carbocycles. The van der Waals surface area contributed by atoms with E-state index in [-0.39, 0.29) is 17.0 Å². The van der Waals surface area contributed by atoms with E-state index in [9.17, 15) is 22.8 Å². The number of hydrogen-bond acceptors (Lipinski definition) is 7. The van der Waals surface area contributed by atoms with Gasteiger partial charge in [-0.25, -0.2) is 13.2 Å². The zero-order valence-corrected chi connectivity index (χ0v) is 25.3. The first-order valence-corrected chi connectivity index (χ1v) is 15.6. The van der Waals surface area contributed by atoms with Crippen LogP contribution in [0.25, 0.3) is 0 Å². The molecule has 0 fully saturated rings. The first-order valence-electron chi connectivity index (χ1n) is 13.3. The number of fused-ring (bicyclic) bond motifs is 1. The smallest absolute Gasteiger partial charge is 0.323 e. The number of sulfonamides is 1. The SMILES string of the molecule is CCCN1CCc2c(sc(NC(=O)c3ccc(S(=O)(=O)N(C)Cc4ccccc4)cc3)c2C(=O)NC(=O)N(C)C)C1. The standard InChI is InChI=1S/C29H35N5O5S2/c1-5-16-34-17-15-23-24(19-34)40-28(25(23)27(36)31-29(37)32(2)3)30-26(35)21-11-13-22(14-12-21)41(38,39)33(4)18-20-9-7-6-8-10-20/h6-14H,5,15-19H2,1-4H3,(H,30,35)(H,31,36,37). The maximum absolute atomic E-state index is 13.3. The summed E-state index contributed by atoms with van der Waals surface area (Å²) in [6.45, 7) is 4.69. The number of benzene rings is 2. The Balaban J connectivity index is 1.55. The third-order valence-electron chi connectivity index (χ3n) is 6.83. The molecule has 2 N–H and O–H groups in total. The molecular weight excluding hydrogens is 562 g/mol. The molecule has 0 unspecified atom stereocenters. The van der Waals surface area contributed by atoms with E-state index in [1.54, 1.807) is 14.1 Å². The number of carbonyl (C=O) groups is 3. The van der Waals surface area contributed by atoms with Crippen molar-refractivity contribution < 1.29 is 22.8 Å². The highest BCUT2D eigenvalue weighted by Gasteiger charge is 2.30. The molecule has 0 atom stereocenters. The number of carbonyl (C=O) groups excluding carboxylic acids is 3. The Bertz CT molecular complexity index is 1520. The Labute approximate surface area is 245 Å². The topological polar surface area (TPSA) is 119 Å². The van der Waals surface area contributed by atoms with E-state index in [0.717, 1.165) is 35.5 Å². The van der Waals surface area contributed by atoms with E-state index < -0.39 is 27.9 Å². The van der Waals surface area contributed by atoms with E-state index in [1.807, 2.05) is 30.3 Å². The van der Waals surface area contributed by atoms with Crippen molar-refractivity contribution in [3.05, 3.63) is 81.7 Å². The average Bonchev–Trinajstić information content (AvgIpc) is 3.30. The molecular formula is C29H35N5O5S2. The fourth-order valence-corrected chi connectivity index (χ4v) is 7.06. The molecule has 0 spiro atoms. The van der Waals surface area contributed by atoms with Gasteiger partial charge in [0.2, 0.25) is 10.0 Å². The molecule has 2 heterocycles. The van der Waals surface area contributed by atoms with Crippen molar-refractivity contribution in [1.82, 2.24) is 19.4 Å². The highest BCUT2D eigenvalue weighted by Crippen LogP contribution is 2.37. The summed E-state index contributed by atoms with van der Waals surface area (Å²) in [6, 6.07) is 14.4. The minimum atomic E-state index is -3.78. The lowest BCUT2D eigenvalue weighted by atomic mass is 10.0. The summed E-state index contributed by atoms with van der Waals surface area (Å²) < 4.78 is 27.5. The number of nitrogens with zero attached hydrogens (tertiary/aromatic N) is 3. The van der Waals surface area contributed by atoms with E-state index in [2.05, 4.69) is 22.5 Å². The Morgan fingerprint density at radius 1 is 0.976 bits per heavy atom. The van der Waals surface area contributed by atoms with Gasteiger partial charge < -0.3 is 10.2 Å². The van der Waals surface area contributed by atoms with Crippen LogP contribution in [0, 0.1) is 0 Å². The number of urea groups is 1. The molecule has 41 heavy (non-hydrogen) atoms. The maximum Gasteiger partial charge on any atom is 0.323 e. The summed E-state index contributed by atoms with van der Waals surface area (Å²) in [7, 11) is 0.818. The van der Waals surface area contributed by atoms with Crippen LogP contribution >= 0.6 is 11.3 Å². The quantitative estimate of drug-likeness (QED) is 0.385. The average molecular weight is 598 g/mol. The van der Waals surface area contributed by atoms with Crippen LogP contribution in [0.3, 0.4) is 0 Å². The van der Waals surface area contributed by atoms with Gasteiger partial charge in [0, 0.05) is 51.2 Å². The van der Waals surface area contributed by atoms with Gasteiger partial charge >= 0.3 is 6.03 Å². The van der Waals surface area contributed by atoms with Crippen LogP contribution in [0.2, 0.25) is 0 Å². The molecule has 4 amide bonds. The summed E-state index contributed by atoms with van der Waals surface area (Å²) >= 11 is 1.33. The van der Waals surface area contributed by atoms with Crippen molar-refractivity contribution >= 4 is 44.2 Å². The van der Waals surface area contributed by atoms with Gasteiger partial charge in [-0.1, -0.05) is 37.3 Å². The van der Waals surface area contributed by atoms with Crippen molar-refractivity contribution in [2.24, 2.45) is 0 Å².